The monoisotopic (exact) mass is 869 g/mol. The molecule has 0 radical (unpaired) electrons. The second-order valence-corrected chi connectivity index (χ2v) is 18.8. The summed E-state index contributed by atoms with van der Waals surface area (Å²) in [5.41, 5.74) is -3.20. The van der Waals surface area contributed by atoms with Gasteiger partial charge in [0.15, 0.2) is 0 Å². The standard InChI is InChI=1S/C40H43ClF2N7O7PS/c1-46-13-15-47(16-14-46)29-5-7-30(31(41)19-29)37(52)48-12-10-28-6-8-33(39(54)49-21-26(22-49)24-3-2-11-44-20-24)50(28)38(53)32(23-48)45-36(51)35-18-25-17-27(4-9-34(25)59-35)40(42,43)58(55,56)57/h2-5,7,9,11,17-20,26,28,32-33H,6,8,10,12-16,21-23H2,1H3,(H,45,51)(H2,55,56,57)/t28-,32+,33+/m1/s1. The lowest BCUT2D eigenvalue weighted by atomic mass is 9.92. The number of piperazine rings is 1. The first kappa shape index (κ1) is 41.2. The summed E-state index contributed by atoms with van der Waals surface area (Å²) >= 11 is 7.72. The topological polar surface area (TPSA) is 167 Å². The van der Waals surface area contributed by atoms with Gasteiger partial charge in [0.2, 0.25) is 11.8 Å². The van der Waals surface area contributed by atoms with E-state index in [-0.39, 0.29) is 45.8 Å². The van der Waals surface area contributed by atoms with Crippen molar-refractivity contribution in [2.24, 2.45) is 0 Å². The number of likely N-dealkylation sites (N-methyl/N-ethyl adjacent to an activating group) is 1. The molecule has 2 aromatic carbocycles. The number of nitrogens with zero attached hydrogens (tertiary/aromatic N) is 6. The molecule has 4 aromatic rings. The number of pyridine rings is 1. The van der Waals surface area contributed by atoms with E-state index in [1.165, 1.54) is 17.0 Å². The number of aromatic nitrogens is 1. The van der Waals surface area contributed by atoms with Crippen LogP contribution >= 0.6 is 30.5 Å². The quantitative estimate of drug-likeness (QED) is 0.214. The van der Waals surface area contributed by atoms with Gasteiger partial charge in [0.1, 0.15) is 12.1 Å². The van der Waals surface area contributed by atoms with Crippen LogP contribution in [0.4, 0.5) is 14.5 Å². The molecule has 4 aliphatic rings. The highest BCUT2D eigenvalue weighted by Crippen LogP contribution is 2.59. The van der Waals surface area contributed by atoms with Gasteiger partial charge in [0.25, 0.3) is 11.8 Å². The van der Waals surface area contributed by atoms with Crippen molar-refractivity contribution in [3.05, 3.63) is 93.6 Å². The molecule has 0 unspecified atom stereocenters. The molecule has 4 amide bonds. The Morgan fingerprint density at radius 3 is 2.41 bits per heavy atom. The van der Waals surface area contributed by atoms with Crippen LogP contribution in [0.15, 0.2) is 67.0 Å². The lowest BCUT2D eigenvalue weighted by Crippen LogP contribution is -2.62. The van der Waals surface area contributed by atoms with E-state index < -0.39 is 54.7 Å². The first-order valence-corrected chi connectivity index (χ1v) is 22.2. The van der Waals surface area contributed by atoms with Gasteiger partial charge in [-0.05, 0) is 79.7 Å². The van der Waals surface area contributed by atoms with Gasteiger partial charge in [0, 0.05) is 86.1 Å². The number of fused-ring (bicyclic) bond motifs is 2. The van der Waals surface area contributed by atoms with Crippen LogP contribution in [-0.4, -0.2) is 136 Å². The number of nitrogens with one attached hydrogen (secondary N) is 1. The molecule has 0 bridgehead atoms. The molecule has 2 aromatic heterocycles. The molecular formula is C40H43ClF2N7O7PS. The third kappa shape index (κ3) is 8.08. The van der Waals surface area contributed by atoms with Crippen LogP contribution in [0, 0.1) is 0 Å². The van der Waals surface area contributed by atoms with Crippen molar-refractivity contribution in [3.8, 4) is 0 Å². The molecule has 19 heteroatoms. The summed E-state index contributed by atoms with van der Waals surface area (Å²) in [6.45, 7) is 4.33. The van der Waals surface area contributed by atoms with Crippen LogP contribution < -0.4 is 10.2 Å². The largest absolute Gasteiger partial charge is 0.399 e. The van der Waals surface area contributed by atoms with E-state index in [0.29, 0.717) is 37.1 Å². The van der Waals surface area contributed by atoms with Crippen molar-refractivity contribution in [2.75, 3.05) is 64.3 Å². The van der Waals surface area contributed by atoms with Crippen LogP contribution in [0.2, 0.25) is 5.02 Å². The predicted molar refractivity (Wildman–Crippen MR) is 218 cm³/mol. The average molecular weight is 870 g/mol. The lowest BCUT2D eigenvalue weighted by Gasteiger charge is -2.44. The fourth-order valence-corrected chi connectivity index (χ4v) is 10.1. The fourth-order valence-electron chi connectivity index (χ4n) is 8.46. The molecule has 0 aliphatic carbocycles. The number of amides is 4. The van der Waals surface area contributed by atoms with E-state index in [2.05, 4.69) is 27.1 Å². The normalized spacial score (nSPS) is 22.2. The summed E-state index contributed by atoms with van der Waals surface area (Å²) < 4.78 is 41.1. The number of carbonyl (C=O) groups excluding carboxylic acids is 4. The van der Waals surface area contributed by atoms with E-state index >= 15 is 0 Å². The van der Waals surface area contributed by atoms with Gasteiger partial charge in [-0.3, -0.25) is 28.7 Å². The Morgan fingerprint density at radius 1 is 0.949 bits per heavy atom. The van der Waals surface area contributed by atoms with E-state index in [9.17, 15) is 42.3 Å². The van der Waals surface area contributed by atoms with Crippen molar-refractivity contribution in [3.63, 3.8) is 0 Å². The highest BCUT2D eigenvalue weighted by molar-refractivity contribution is 7.52. The van der Waals surface area contributed by atoms with Crippen LogP contribution in [0.1, 0.15) is 56.3 Å². The summed E-state index contributed by atoms with van der Waals surface area (Å²) in [7, 11) is -3.78. The van der Waals surface area contributed by atoms with Crippen LogP contribution in [-0.2, 0) is 19.8 Å². The van der Waals surface area contributed by atoms with E-state index in [1.54, 1.807) is 34.3 Å². The molecular weight excluding hydrogens is 827 g/mol. The fraction of sp³-hybridized carbons (Fsp3) is 0.425. The minimum atomic E-state index is -5.84. The zero-order valence-electron chi connectivity index (χ0n) is 32.0. The SMILES string of the molecule is CN1CCN(c2ccc(C(=O)N3CC[C@H]4CC[C@@H](C(=O)N5CC(c6cccnc6)C5)N4C(=O)[C@@H](NC(=O)c4cc5cc(C(F)(F)P(=O)(O)O)ccc5s4)C3)c(Cl)c2)CC1. The number of anilines is 1. The minimum Gasteiger partial charge on any atom is -0.369 e. The molecule has 3 atom stereocenters. The van der Waals surface area contributed by atoms with E-state index in [4.69, 9.17) is 11.6 Å². The molecule has 312 valence electrons. The Labute approximate surface area is 347 Å². The first-order chi connectivity index (χ1) is 28.1. The Morgan fingerprint density at radius 2 is 1.71 bits per heavy atom. The Kier molecular flexibility index (Phi) is 11.3. The highest BCUT2D eigenvalue weighted by Gasteiger charge is 2.51. The number of likely N-dealkylation sites (tertiary alicyclic amines) is 1. The zero-order chi connectivity index (χ0) is 41.8. The number of rotatable bonds is 8. The average Bonchev–Trinajstić information content (AvgIpc) is 3.82. The summed E-state index contributed by atoms with van der Waals surface area (Å²) in [6.07, 6.45) is 4.80. The van der Waals surface area contributed by atoms with Crippen molar-refractivity contribution in [1.29, 1.82) is 0 Å². The highest BCUT2D eigenvalue weighted by atomic mass is 35.5. The molecule has 4 saturated heterocycles. The summed E-state index contributed by atoms with van der Waals surface area (Å²) in [5.74, 6) is -1.73. The molecule has 59 heavy (non-hydrogen) atoms. The number of carbonyl (C=O) groups is 4. The smallest absolute Gasteiger partial charge is 0.369 e. The van der Waals surface area contributed by atoms with Crippen molar-refractivity contribution >= 4 is 69.9 Å². The van der Waals surface area contributed by atoms with Gasteiger partial charge in [0.05, 0.1) is 22.0 Å². The molecule has 3 N–H and O–H groups in total. The van der Waals surface area contributed by atoms with Gasteiger partial charge in [-0.1, -0.05) is 23.7 Å². The number of benzene rings is 2. The molecule has 4 fully saturated rings. The lowest BCUT2D eigenvalue weighted by molar-refractivity contribution is -0.150. The summed E-state index contributed by atoms with van der Waals surface area (Å²) in [4.78, 5) is 89.0. The predicted octanol–water partition coefficient (Wildman–Crippen LogP) is 4.56. The van der Waals surface area contributed by atoms with Gasteiger partial charge < -0.3 is 39.6 Å². The summed E-state index contributed by atoms with van der Waals surface area (Å²) in [6, 6.07) is 11.0. The molecule has 14 nitrogen and oxygen atoms in total. The number of thiophene rings is 1. The second-order valence-electron chi connectivity index (χ2n) is 15.7. The van der Waals surface area contributed by atoms with Crippen molar-refractivity contribution in [1.82, 2.24) is 29.9 Å². The Bertz CT molecular complexity index is 2340. The van der Waals surface area contributed by atoms with Crippen molar-refractivity contribution < 1.29 is 42.3 Å². The second kappa shape index (κ2) is 16.2. The number of alkyl halides is 2. The molecule has 6 heterocycles. The number of halogens is 3. The van der Waals surface area contributed by atoms with Gasteiger partial charge in [-0.15, -0.1) is 11.3 Å². The molecule has 0 saturated carbocycles. The third-order valence-corrected chi connectivity index (χ3v) is 14.3. The van der Waals surface area contributed by atoms with Crippen LogP contribution in [0.5, 0.6) is 0 Å². The first-order valence-electron chi connectivity index (χ1n) is 19.4. The third-order valence-electron chi connectivity index (χ3n) is 11.9. The van der Waals surface area contributed by atoms with Crippen LogP contribution in [0.25, 0.3) is 10.1 Å². The van der Waals surface area contributed by atoms with E-state index in [1.807, 2.05) is 18.2 Å². The van der Waals surface area contributed by atoms with Crippen LogP contribution in [0.3, 0.4) is 0 Å². The molecule has 0 spiro atoms. The maximum atomic E-state index is 14.7. The van der Waals surface area contributed by atoms with Gasteiger partial charge >= 0.3 is 13.3 Å². The van der Waals surface area contributed by atoms with E-state index in [0.717, 1.165) is 60.9 Å². The maximum Gasteiger partial charge on any atom is 0.399 e. The number of hydrogen-bond donors (Lipinski definition) is 3. The van der Waals surface area contributed by atoms with Gasteiger partial charge in [-0.25, -0.2) is 0 Å². The molecule has 8 rings (SSSR count). The van der Waals surface area contributed by atoms with Gasteiger partial charge in [-0.2, -0.15) is 8.78 Å². The Balaban J connectivity index is 1.05. The Hall–Kier alpha value is -4.51. The molecule has 4 aliphatic heterocycles. The van der Waals surface area contributed by atoms with Crippen molar-refractivity contribution in [2.45, 2.75) is 49.0 Å². The number of hydrogen-bond acceptors (Lipinski definition) is 9. The zero-order valence-corrected chi connectivity index (χ0v) is 34.5. The summed E-state index contributed by atoms with van der Waals surface area (Å²) in [5, 5.41) is 3.18. The minimum absolute atomic E-state index is 0.0412. The maximum absolute atomic E-state index is 14.7.